The van der Waals surface area contributed by atoms with Crippen LogP contribution in [-0.2, 0) is 25.9 Å². The molecule has 4 aromatic rings. The summed E-state index contributed by atoms with van der Waals surface area (Å²) < 4.78 is 0. The van der Waals surface area contributed by atoms with Gasteiger partial charge >= 0.3 is 0 Å². The van der Waals surface area contributed by atoms with Crippen molar-refractivity contribution in [1.82, 2.24) is 15.2 Å². The van der Waals surface area contributed by atoms with E-state index in [1.807, 2.05) is 36.4 Å². The average molecular weight is 480 g/mol. The predicted octanol–water partition coefficient (Wildman–Crippen LogP) is 5.83. The van der Waals surface area contributed by atoms with Crippen molar-refractivity contribution in [2.24, 2.45) is 0 Å². The third kappa shape index (κ3) is 5.37. The molecule has 0 saturated heterocycles. The minimum Gasteiger partial charge on any atom is -0.508 e. The molecule has 36 heavy (non-hydrogen) atoms. The number of aryl methyl sites for hydroxylation is 1. The van der Waals surface area contributed by atoms with Gasteiger partial charge in [-0.1, -0.05) is 61.5 Å². The molecule has 0 unspecified atom stereocenters. The number of aromatic nitrogens is 1. The van der Waals surface area contributed by atoms with Gasteiger partial charge in [-0.15, -0.1) is 0 Å². The number of carbonyl (C=O) groups is 1. The van der Waals surface area contributed by atoms with E-state index < -0.39 is 0 Å². The van der Waals surface area contributed by atoms with Crippen LogP contribution in [0.5, 0.6) is 5.75 Å². The maximum Gasteiger partial charge on any atom is 0.251 e. The largest absolute Gasteiger partial charge is 0.508 e. The number of aromatic amines is 1. The highest BCUT2D eigenvalue weighted by molar-refractivity contribution is 5.95. The first kappa shape index (κ1) is 23.9. The van der Waals surface area contributed by atoms with Gasteiger partial charge in [-0.2, -0.15) is 0 Å². The van der Waals surface area contributed by atoms with Crippen LogP contribution in [0.2, 0.25) is 0 Å². The lowest BCUT2D eigenvalue weighted by Gasteiger charge is -2.27. The molecule has 0 spiro atoms. The molecule has 5 nitrogen and oxygen atoms in total. The molecule has 5 rings (SSSR count). The van der Waals surface area contributed by atoms with E-state index in [9.17, 15) is 9.90 Å². The number of phenols is 1. The van der Waals surface area contributed by atoms with Crippen LogP contribution in [0.1, 0.15) is 51.7 Å². The molecule has 1 aromatic heterocycles. The average Bonchev–Trinajstić information content (AvgIpc) is 3.26. The van der Waals surface area contributed by atoms with Crippen LogP contribution >= 0.6 is 0 Å². The van der Waals surface area contributed by atoms with Gasteiger partial charge in [0.25, 0.3) is 5.91 Å². The zero-order chi connectivity index (χ0) is 24.9. The van der Waals surface area contributed by atoms with Crippen LogP contribution in [0.4, 0.5) is 0 Å². The summed E-state index contributed by atoms with van der Waals surface area (Å²) >= 11 is 0. The fourth-order valence-corrected chi connectivity index (χ4v) is 4.99. The summed E-state index contributed by atoms with van der Waals surface area (Å²) in [7, 11) is 0. The van der Waals surface area contributed by atoms with Crippen molar-refractivity contribution in [2.45, 2.75) is 39.3 Å². The maximum absolute atomic E-state index is 13.0. The van der Waals surface area contributed by atoms with Crippen molar-refractivity contribution in [3.8, 4) is 5.75 Å². The standard InChI is InChI=1S/C31H33N3O2/c1-2-22-10-12-23(13-11-22)7-5-6-17-32-31(36)26-9-4-3-8-24(26)20-34-18-16-27-28-19-25(35)14-15-29(28)33-30(27)21-34/h3-5,7-15,19,33,35H,2,6,16-18,20-21H2,1H3,(H,32,36)/b7-5+. The second-order valence-electron chi connectivity index (χ2n) is 9.47. The monoisotopic (exact) mass is 479 g/mol. The number of nitrogens with one attached hydrogen (secondary N) is 2. The van der Waals surface area contributed by atoms with Gasteiger partial charge in [0.05, 0.1) is 0 Å². The second kappa shape index (κ2) is 10.8. The Morgan fingerprint density at radius 2 is 1.94 bits per heavy atom. The van der Waals surface area contributed by atoms with Crippen LogP contribution < -0.4 is 5.32 Å². The molecule has 0 radical (unpaired) electrons. The Balaban J connectivity index is 1.18. The molecule has 3 aromatic carbocycles. The van der Waals surface area contributed by atoms with Crippen molar-refractivity contribution in [3.05, 3.63) is 106 Å². The number of rotatable bonds is 8. The molecule has 1 aliphatic rings. The number of carbonyl (C=O) groups excluding carboxylic acids is 1. The van der Waals surface area contributed by atoms with E-state index >= 15 is 0 Å². The number of hydrogen-bond donors (Lipinski definition) is 3. The molecule has 1 amide bonds. The molecule has 0 atom stereocenters. The number of H-pyrrole nitrogens is 1. The van der Waals surface area contributed by atoms with E-state index in [0.717, 1.165) is 60.9 Å². The molecular weight excluding hydrogens is 446 g/mol. The van der Waals surface area contributed by atoms with Gasteiger partial charge in [-0.3, -0.25) is 9.69 Å². The maximum atomic E-state index is 13.0. The number of nitrogens with zero attached hydrogens (tertiary/aromatic N) is 1. The number of fused-ring (bicyclic) bond motifs is 3. The molecule has 0 fully saturated rings. The number of hydrogen-bond acceptors (Lipinski definition) is 3. The second-order valence-corrected chi connectivity index (χ2v) is 9.47. The molecule has 3 N–H and O–H groups in total. The smallest absolute Gasteiger partial charge is 0.251 e. The molecule has 184 valence electrons. The number of phenolic OH excluding ortho intramolecular Hbond substituents is 1. The Bertz CT molecular complexity index is 1380. The molecule has 2 heterocycles. The minimum atomic E-state index is -0.0231. The zero-order valence-corrected chi connectivity index (χ0v) is 20.8. The van der Waals surface area contributed by atoms with Crippen LogP contribution in [0.25, 0.3) is 17.0 Å². The summed E-state index contributed by atoms with van der Waals surface area (Å²) in [6.07, 6.45) is 6.97. The van der Waals surface area contributed by atoms with E-state index in [0.29, 0.717) is 12.3 Å². The van der Waals surface area contributed by atoms with E-state index in [-0.39, 0.29) is 5.91 Å². The van der Waals surface area contributed by atoms with Crippen molar-refractivity contribution < 1.29 is 9.90 Å². The highest BCUT2D eigenvalue weighted by Gasteiger charge is 2.22. The topological polar surface area (TPSA) is 68.4 Å². The number of amides is 1. The third-order valence-corrected chi connectivity index (χ3v) is 6.99. The van der Waals surface area contributed by atoms with Gasteiger partial charge in [0.1, 0.15) is 5.75 Å². The van der Waals surface area contributed by atoms with Crippen molar-refractivity contribution in [3.63, 3.8) is 0 Å². The Morgan fingerprint density at radius 3 is 2.78 bits per heavy atom. The molecule has 5 heteroatoms. The van der Waals surface area contributed by atoms with Crippen LogP contribution in [0, 0.1) is 0 Å². The summed E-state index contributed by atoms with van der Waals surface area (Å²) in [4.78, 5) is 18.9. The highest BCUT2D eigenvalue weighted by atomic mass is 16.3. The first-order valence-electron chi connectivity index (χ1n) is 12.8. The number of benzene rings is 3. The van der Waals surface area contributed by atoms with E-state index in [1.165, 1.54) is 22.4 Å². The Kier molecular flexibility index (Phi) is 7.19. The van der Waals surface area contributed by atoms with Gasteiger partial charge in [-0.05, 0) is 65.8 Å². The van der Waals surface area contributed by atoms with Gasteiger partial charge in [0, 0.05) is 48.3 Å². The Hall–Kier alpha value is -3.83. The molecule has 0 aliphatic carbocycles. The molecule has 1 aliphatic heterocycles. The van der Waals surface area contributed by atoms with Crippen molar-refractivity contribution >= 4 is 22.9 Å². The first-order chi connectivity index (χ1) is 17.6. The lowest BCUT2D eigenvalue weighted by Crippen LogP contribution is -2.31. The van der Waals surface area contributed by atoms with Gasteiger partial charge < -0.3 is 15.4 Å². The van der Waals surface area contributed by atoms with Crippen LogP contribution in [-0.4, -0.2) is 34.0 Å². The predicted molar refractivity (Wildman–Crippen MR) is 146 cm³/mol. The fourth-order valence-electron chi connectivity index (χ4n) is 4.99. The summed E-state index contributed by atoms with van der Waals surface area (Å²) in [5.41, 5.74) is 7.84. The molecule has 0 saturated carbocycles. The summed E-state index contributed by atoms with van der Waals surface area (Å²) in [6.45, 7) is 5.19. The van der Waals surface area contributed by atoms with Crippen LogP contribution in [0.3, 0.4) is 0 Å². The fraction of sp³-hybridized carbons (Fsp3) is 0.258. The first-order valence-corrected chi connectivity index (χ1v) is 12.8. The quantitative estimate of drug-likeness (QED) is 0.279. The van der Waals surface area contributed by atoms with E-state index in [1.54, 1.807) is 6.07 Å². The normalized spacial score (nSPS) is 13.8. The highest BCUT2D eigenvalue weighted by Crippen LogP contribution is 2.30. The van der Waals surface area contributed by atoms with E-state index in [2.05, 4.69) is 58.5 Å². The van der Waals surface area contributed by atoms with E-state index in [4.69, 9.17) is 0 Å². The SMILES string of the molecule is CCc1ccc(/C=C/CCNC(=O)c2ccccc2CN2CCc3c([nH]c4ccc(O)cc34)C2)cc1. The van der Waals surface area contributed by atoms with Crippen LogP contribution in [0.15, 0.2) is 72.8 Å². The van der Waals surface area contributed by atoms with Gasteiger partial charge in [-0.25, -0.2) is 0 Å². The lowest BCUT2D eigenvalue weighted by atomic mass is 10.0. The lowest BCUT2D eigenvalue weighted by molar-refractivity contribution is 0.0952. The Morgan fingerprint density at radius 1 is 1.11 bits per heavy atom. The summed E-state index contributed by atoms with van der Waals surface area (Å²) in [6, 6.07) is 22.0. The van der Waals surface area contributed by atoms with Gasteiger partial charge in [0.15, 0.2) is 0 Å². The zero-order valence-electron chi connectivity index (χ0n) is 20.8. The summed E-state index contributed by atoms with van der Waals surface area (Å²) in [5.74, 6) is 0.276. The minimum absolute atomic E-state index is 0.0231. The molecule has 0 bridgehead atoms. The number of aromatic hydroxyl groups is 1. The van der Waals surface area contributed by atoms with Crippen molar-refractivity contribution in [2.75, 3.05) is 13.1 Å². The van der Waals surface area contributed by atoms with Gasteiger partial charge in [0.2, 0.25) is 0 Å². The molecular formula is C31H33N3O2. The third-order valence-electron chi connectivity index (χ3n) is 6.99. The summed E-state index contributed by atoms with van der Waals surface area (Å²) in [5, 5.41) is 14.1. The van der Waals surface area contributed by atoms with Crippen molar-refractivity contribution in [1.29, 1.82) is 0 Å². The Labute approximate surface area is 212 Å².